The maximum atomic E-state index is 14.8. The van der Waals surface area contributed by atoms with Gasteiger partial charge in [0, 0.05) is 43.2 Å². The molecule has 1 aliphatic carbocycles. The van der Waals surface area contributed by atoms with Gasteiger partial charge in [0.2, 0.25) is 0 Å². The Morgan fingerprint density at radius 3 is 2.73 bits per heavy atom. The van der Waals surface area contributed by atoms with Gasteiger partial charge in [-0.15, -0.1) is 10.2 Å². The van der Waals surface area contributed by atoms with E-state index in [-0.39, 0.29) is 40.3 Å². The van der Waals surface area contributed by atoms with Crippen LogP contribution in [0.15, 0.2) is 29.8 Å². The number of aryl methyl sites for hydroxylation is 1. The van der Waals surface area contributed by atoms with Crippen molar-refractivity contribution >= 4 is 34.7 Å². The highest BCUT2D eigenvalue weighted by Crippen LogP contribution is 2.40. The van der Waals surface area contributed by atoms with Crippen molar-refractivity contribution in [2.45, 2.75) is 63.8 Å². The quantitative estimate of drug-likeness (QED) is 0.403. The first-order valence-corrected chi connectivity index (χ1v) is 13.6. The molecule has 0 amide bonds. The van der Waals surface area contributed by atoms with Crippen LogP contribution in [0.1, 0.15) is 63.4 Å². The lowest BCUT2D eigenvalue weighted by Crippen LogP contribution is -2.43. The van der Waals surface area contributed by atoms with Crippen molar-refractivity contribution in [3.05, 3.63) is 47.0 Å². The van der Waals surface area contributed by atoms with Crippen molar-refractivity contribution in [1.29, 1.82) is 0 Å². The topological polar surface area (TPSA) is 107 Å². The van der Waals surface area contributed by atoms with Crippen LogP contribution in [0, 0.1) is 11.7 Å². The normalized spacial score (nSPS) is 20.1. The van der Waals surface area contributed by atoms with Crippen LogP contribution in [-0.4, -0.2) is 66.9 Å². The number of esters is 1. The van der Waals surface area contributed by atoms with Gasteiger partial charge in [0.05, 0.1) is 19.2 Å². The minimum absolute atomic E-state index is 0.000334. The van der Waals surface area contributed by atoms with Crippen molar-refractivity contribution < 1.29 is 23.5 Å². The molecule has 37 heavy (non-hydrogen) atoms. The molecule has 1 saturated carbocycles. The predicted molar refractivity (Wildman–Crippen MR) is 137 cm³/mol. The number of nitrogens with zero attached hydrogens (tertiary/aromatic N) is 5. The van der Waals surface area contributed by atoms with Crippen LogP contribution < -0.4 is 0 Å². The molecule has 1 aromatic carbocycles. The van der Waals surface area contributed by atoms with E-state index in [1.54, 1.807) is 25.1 Å². The fourth-order valence-corrected chi connectivity index (χ4v) is 5.49. The highest BCUT2D eigenvalue weighted by molar-refractivity contribution is 8.14. The lowest BCUT2D eigenvalue weighted by Gasteiger charge is -2.38. The van der Waals surface area contributed by atoms with Crippen molar-refractivity contribution in [2.75, 3.05) is 19.7 Å². The smallest absolute Gasteiger partial charge is 0.305 e. The third-order valence-corrected chi connectivity index (χ3v) is 7.58. The van der Waals surface area contributed by atoms with Gasteiger partial charge in [0.1, 0.15) is 5.82 Å². The predicted octanol–water partition coefficient (Wildman–Crippen LogP) is 3.61. The number of thioether (sulfide) groups is 1. The number of hydrogen-bond acceptors (Lipinski definition) is 9. The molecule has 4 rings (SSSR count). The lowest BCUT2D eigenvalue weighted by molar-refractivity contribution is -0.143. The number of benzene rings is 1. The summed E-state index contributed by atoms with van der Waals surface area (Å²) in [6, 6.07) is 5.78. The SMILES string of the molecule is CCOC(=O)CCCn1nnc(/C=C2\CN(C(C(=O)C3CC3)c3ccccc3F)CCC2SC(C)=O)n1. The summed E-state index contributed by atoms with van der Waals surface area (Å²) in [7, 11) is 0. The number of ether oxygens (including phenoxy) is 1. The van der Waals surface area contributed by atoms with Gasteiger partial charge in [-0.05, 0) is 55.5 Å². The standard InChI is InChI=1S/C26H32FN5O4S/c1-3-36-24(34)9-6-13-32-29-23(28-30-32)15-19-16-31(14-12-22(19)37-17(2)33)25(26(35)18-10-11-18)20-7-4-5-8-21(20)27/h4-5,7-8,15,18,22,25H,3,6,9-14,16H2,1-2H3/b19-15+. The maximum absolute atomic E-state index is 14.8. The van der Waals surface area contributed by atoms with Gasteiger partial charge in [-0.25, -0.2) is 4.39 Å². The second-order valence-electron chi connectivity index (χ2n) is 9.33. The number of carbonyl (C=O) groups excluding carboxylic acids is 3. The largest absolute Gasteiger partial charge is 0.466 e. The van der Waals surface area contributed by atoms with E-state index in [0.717, 1.165) is 18.4 Å². The van der Waals surface area contributed by atoms with Gasteiger partial charge in [0.15, 0.2) is 16.7 Å². The molecule has 2 aliphatic rings. The van der Waals surface area contributed by atoms with Crippen LogP contribution >= 0.6 is 11.8 Å². The van der Waals surface area contributed by atoms with Crippen LogP contribution in [0.25, 0.3) is 6.08 Å². The van der Waals surface area contributed by atoms with Crippen molar-refractivity contribution in [1.82, 2.24) is 25.1 Å². The number of halogens is 1. The molecule has 2 aromatic rings. The summed E-state index contributed by atoms with van der Waals surface area (Å²) in [5.74, 6) is -0.246. The molecule has 2 unspecified atom stereocenters. The Balaban J connectivity index is 1.54. The zero-order valence-corrected chi connectivity index (χ0v) is 22.0. The Morgan fingerprint density at radius 1 is 1.24 bits per heavy atom. The van der Waals surface area contributed by atoms with Crippen molar-refractivity contribution in [3.8, 4) is 0 Å². The van der Waals surface area contributed by atoms with E-state index >= 15 is 0 Å². The number of likely N-dealkylation sites (tertiary alicyclic amines) is 1. The minimum Gasteiger partial charge on any atom is -0.466 e. The lowest BCUT2D eigenvalue weighted by atomic mass is 9.93. The summed E-state index contributed by atoms with van der Waals surface area (Å²) in [5, 5.41) is 12.5. The monoisotopic (exact) mass is 529 g/mol. The Bertz CT molecular complexity index is 1170. The number of aromatic nitrogens is 4. The maximum Gasteiger partial charge on any atom is 0.305 e. The molecule has 0 radical (unpaired) electrons. The van der Waals surface area contributed by atoms with Gasteiger partial charge in [-0.2, -0.15) is 4.80 Å². The Hall–Kier alpha value is -2.92. The van der Waals surface area contributed by atoms with Gasteiger partial charge in [0.25, 0.3) is 0 Å². The number of tetrazole rings is 1. The molecule has 0 spiro atoms. The fourth-order valence-electron chi connectivity index (χ4n) is 4.57. The highest BCUT2D eigenvalue weighted by atomic mass is 32.2. The number of rotatable bonds is 11. The minimum atomic E-state index is -0.674. The summed E-state index contributed by atoms with van der Waals surface area (Å²) < 4.78 is 19.8. The summed E-state index contributed by atoms with van der Waals surface area (Å²) in [5.41, 5.74) is 1.28. The van der Waals surface area contributed by atoms with Gasteiger partial charge in [-0.1, -0.05) is 30.0 Å². The van der Waals surface area contributed by atoms with Crippen LogP contribution in [0.5, 0.6) is 0 Å². The molecular formula is C26H32FN5O4S. The first kappa shape index (κ1) is 27.1. The average molecular weight is 530 g/mol. The molecule has 9 nitrogen and oxygen atoms in total. The molecule has 1 aromatic heterocycles. The first-order valence-electron chi connectivity index (χ1n) is 12.7. The van der Waals surface area contributed by atoms with Crippen molar-refractivity contribution in [3.63, 3.8) is 0 Å². The first-order chi connectivity index (χ1) is 17.9. The summed E-state index contributed by atoms with van der Waals surface area (Å²) in [6.45, 7) is 5.01. The van der Waals surface area contributed by atoms with Gasteiger partial charge < -0.3 is 4.74 Å². The molecular weight excluding hydrogens is 497 g/mol. The summed E-state index contributed by atoms with van der Waals surface area (Å²) in [6.07, 6.45) is 4.91. The Kier molecular flexibility index (Phi) is 9.20. The zero-order chi connectivity index (χ0) is 26.4. The van der Waals surface area contributed by atoms with Crippen LogP contribution in [0.3, 0.4) is 0 Å². The van der Waals surface area contributed by atoms with Crippen molar-refractivity contribution in [2.24, 2.45) is 5.92 Å². The number of piperidine rings is 1. The van der Waals surface area contributed by atoms with E-state index in [1.807, 2.05) is 11.0 Å². The second-order valence-corrected chi connectivity index (χ2v) is 10.7. The zero-order valence-electron chi connectivity index (χ0n) is 21.1. The van der Waals surface area contributed by atoms with Gasteiger partial charge >= 0.3 is 5.97 Å². The van der Waals surface area contributed by atoms with Crippen LogP contribution in [0.2, 0.25) is 0 Å². The average Bonchev–Trinajstić information content (AvgIpc) is 3.62. The summed E-state index contributed by atoms with van der Waals surface area (Å²) in [4.78, 5) is 40.3. The molecule has 1 saturated heterocycles. The van der Waals surface area contributed by atoms with Crippen LogP contribution in [0.4, 0.5) is 4.39 Å². The van der Waals surface area contributed by atoms with E-state index in [9.17, 15) is 18.8 Å². The van der Waals surface area contributed by atoms with Crippen LogP contribution in [-0.2, 0) is 25.7 Å². The van der Waals surface area contributed by atoms with E-state index in [0.29, 0.717) is 50.5 Å². The summed E-state index contributed by atoms with van der Waals surface area (Å²) >= 11 is 1.24. The number of hydrogen-bond donors (Lipinski definition) is 0. The number of ketones is 1. The molecule has 2 atom stereocenters. The van der Waals surface area contributed by atoms with E-state index < -0.39 is 6.04 Å². The Labute approximate surface area is 219 Å². The molecule has 1 aliphatic heterocycles. The highest BCUT2D eigenvalue weighted by Gasteiger charge is 2.41. The molecule has 0 N–H and O–H groups in total. The number of carbonyl (C=O) groups is 3. The van der Waals surface area contributed by atoms with E-state index in [2.05, 4.69) is 15.4 Å². The molecule has 2 heterocycles. The fraction of sp³-hybridized carbons (Fsp3) is 0.538. The molecule has 11 heteroatoms. The molecule has 2 fully saturated rings. The third kappa shape index (κ3) is 7.32. The second kappa shape index (κ2) is 12.6. The third-order valence-electron chi connectivity index (χ3n) is 6.43. The van der Waals surface area contributed by atoms with Gasteiger partial charge in [-0.3, -0.25) is 19.3 Å². The number of Topliss-reactive ketones (excluding diaryl/α,β-unsaturated/α-hetero) is 1. The Morgan fingerprint density at radius 2 is 2.03 bits per heavy atom. The molecule has 198 valence electrons. The molecule has 0 bridgehead atoms. The van der Waals surface area contributed by atoms with E-state index in [4.69, 9.17) is 4.74 Å². The van der Waals surface area contributed by atoms with E-state index in [1.165, 1.54) is 29.5 Å².